The molecule has 0 bridgehead atoms. The van der Waals surface area contributed by atoms with Crippen molar-refractivity contribution in [2.24, 2.45) is 5.16 Å². The van der Waals surface area contributed by atoms with Crippen molar-refractivity contribution in [3.8, 4) is 0 Å². The highest BCUT2D eigenvalue weighted by Crippen LogP contribution is 2.34. The van der Waals surface area contributed by atoms with E-state index in [1.54, 1.807) is 10.4 Å². The molecule has 0 amide bonds. The lowest BCUT2D eigenvalue weighted by Crippen LogP contribution is -2.37. The van der Waals surface area contributed by atoms with E-state index >= 15 is 0 Å². The summed E-state index contributed by atoms with van der Waals surface area (Å²) in [6.45, 7) is 3.11. The molecule has 3 aromatic rings. The Kier molecular flexibility index (Phi) is 7.47. The van der Waals surface area contributed by atoms with Gasteiger partial charge < -0.3 is 5.21 Å². The van der Waals surface area contributed by atoms with Crippen LogP contribution in [0.1, 0.15) is 58.9 Å². The van der Waals surface area contributed by atoms with E-state index in [0.717, 1.165) is 29.5 Å². The van der Waals surface area contributed by atoms with E-state index in [-0.39, 0.29) is 11.5 Å². The summed E-state index contributed by atoms with van der Waals surface area (Å²) in [5.41, 5.74) is 4.60. The molecule has 1 atom stereocenters. The van der Waals surface area contributed by atoms with Crippen molar-refractivity contribution in [2.45, 2.75) is 38.0 Å². The predicted octanol–water partition coefficient (Wildman–Crippen LogP) is 3.62. The number of piperidine rings is 1. The molecule has 1 aromatic heterocycles. The van der Waals surface area contributed by atoms with Gasteiger partial charge in [-0.1, -0.05) is 53.7 Å². The number of oxime groups is 1. The van der Waals surface area contributed by atoms with Crippen LogP contribution in [0.25, 0.3) is 0 Å². The Hall–Kier alpha value is -3.30. The molecule has 1 fully saturated rings. The zero-order valence-corrected chi connectivity index (χ0v) is 20.7. The smallest absolute Gasteiger partial charge is 0.273 e. The number of aromatic nitrogens is 2. The minimum Gasteiger partial charge on any atom is -0.411 e. The Morgan fingerprint density at radius 2 is 1.83 bits per heavy atom. The molecular formula is C26H30N4O4S. The van der Waals surface area contributed by atoms with Crippen LogP contribution in [0.5, 0.6) is 0 Å². The summed E-state index contributed by atoms with van der Waals surface area (Å²) in [5.74, 6) is 0.180. The number of benzene rings is 2. The fourth-order valence-corrected chi connectivity index (χ4v) is 5.75. The summed E-state index contributed by atoms with van der Waals surface area (Å²) in [4.78, 5) is 12.3. The van der Waals surface area contributed by atoms with Gasteiger partial charge in [-0.2, -0.15) is 5.10 Å². The number of hydrogen-bond donors (Lipinski definition) is 2. The Morgan fingerprint density at radius 3 is 2.43 bits per heavy atom. The topological polar surface area (TPSA) is 116 Å². The summed E-state index contributed by atoms with van der Waals surface area (Å²) in [7, 11) is -3.15. The van der Waals surface area contributed by atoms with Crippen LogP contribution in [0.15, 0.2) is 70.7 Å². The predicted molar refractivity (Wildman–Crippen MR) is 136 cm³/mol. The second kappa shape index (κ2) is 10.5. The van der Waals surface area contributed by atoms with Crippen molar-refractivity contribution in [3.05, 3.63) is 99.0 Å². The van der Waals surface area contributed by atoms with E-state index in [1.807, 2.05) is 25.1 Å². The van der Waals surface area contributed by atoms with Crippen molar-refractivity contribution in [1.29, 1.82) is 0 Å². The second-order valence-electron chi connectivity index (χ2n) is 9.06. The van der Waals surface area contributed by atoms with Crippen LogP contribution < -0.4 is 5.56 Å². The maximum Gasteiger partial charge on any atom is 0.273 e. The third-order valence-corrected chi connectivity index (χ3v) is 8.16. The number of aryl methyl sites for hydroxylation is 1. The lowest BCUT2D eigenvalue weighted by molar-refractivity contribution is 0.317. The Bertz CT molecular complexity index is 1360. The van der Waals surface area contributed by atoms with Gasteiger partial charge >= 0.3 is 0 Å². The number of nitrogens with one attached hydrogen (secondary N) is 1. The number of hydrogen-bond acceptors (Lipinski definition) is 6. The zero-order chi connectivity index (χ0) is 25.0. The second-order valence-corrected chi connectivity index (χ2v) is 11.0. The summed E-state index contributed by atoms with van der Waals surface area (Å²) in [6.07, 6.45) is 4.65. The minimum absolute atomic E-state index is 0.129. The first-order valence-corrected chi connectivity index (χ1v) is 13.5. The Morgan fingerprint density at radius 1 is 1.14 bits per heavy atom. The van der Waals surface area contributed by atoms with E-state index in [4.69, 9.17) is 0 Å². The third kappa shape index (κ3) is 5.68. The molecule has 4 rings (SSSR count). The SMILES string of the molecule is Cc1ccccc1C(C/C(=N/O)c1ccn[nH]c1=O)c1ccc(C2CCN(S(C)(=O)=O)CC2)cc1. The third-order valence-electron chi connectivity index (χ3n) is 6.85. The lowest BCUT2D eigenvalue weighted by Gasteiger charge is -2.30. The summed E-state index contributed by atoms with van der Waals surface area (Å²) >= 11 is 0. The van der Waals surface area contributed by atoms with Crippen molar-refractivity contribution in [3.63, 3.8) is 0 Å². The van der Waals surface area contributed by atoms with Gasteiger partial charge in [0, 0.05) is 31.6 Å². The molecule has 2 heterocycles. The van der Waals surface area contributed by atoms with E-state index in [0.29, 0.717) is 31.1 Å². The molecule has 0 radical (unpaired) electrons. The van der Waals surface area contributed by atoms with E-state index in [2.05, 4.69) is 45.7 Å². The molecule has 9 heteroatoms. The first kappa shape index (κ1) is 24.8. The molecule has 184 valence electrons. The maximum absolute atomic E-state index is 12.3. The molecule has 0 saturated carbocycles. The standard InChI is InChI=1S/C26H30N4O4S/c1-18-5-3-4-6-22(18)24(17-25(29-32)23-11-14-27-28-26(23)31)21-9-7-19(8-10-21)20-12-15-30(16-13-20)35(2,33)34/h3-11,14,20,24,32H,12-13,15-17H2,1-2H3,(H,28,31)/b29-25-. The fraction of sp³-hybridized carbons (Fsp3) is 0.346. The molecule has 1 aliphatic heterocycles. The van der Waals surface area contributed by atoms with E-state index in [9.17, 15) is 18.4 Å². The van der Waals surface area contributed by atoms with Gasteiger partial charge in [0.25, 0.3) is 5.56 Å². The van der Waals surface area contributed by atoms with Gasteiger partial charge in [-0.05, 0) is 54.0 Å². The van der Waals surface area contributed by atoms with Crippen LogP contribution in [0.2, 0.25) is 0 Å². The number of nitrogens with zero attached hydrogens (tertiary/aromatic N) is 3. The van der Waals surface area contributed by atoms with Gasteiger partial charge in [-0.3, -0.25) is 4.79 Å². The number of H-pyrrole nitrogens is 1. The number of aromatic amines is 1. The minimum atomic E-state index is -3.15. The van der Waals surface area contributed by atoms with Crippen LogP contribution in [0.3, 0.4) is 0 Å². The fourth-order valence-electron chi connectivity index (χ4n) is 4.88. The lowest BCUT2D eigenvalue weighted by atomic mass is 9.82. The van der Waals surface area contributed by atoms with Gasteiger partial charge in [0.1, 0.15) is 0 Å². The average molecular weight is 495 g/mol. The van der Waals surface area contributed by atoms with Crippen molar-refractivity contribution < 1.29 is 13.6 Å². The van der Waals surface area contributed by atoms with Crippen LogP contribution in [-0.4, -0.2) is 53.2 Å². The average Bonchev–Trinajstić information content (AvgIpc) is 2.86. The van der Waals surface area contributed by atoms with E-state index < -0.39 is 15.6 Å². The first-order chi connectivity index (χ1) is 16.8. The van der Waals surface area contributed by atoms with Gasteiger partial charge in [-0.25, -0.2) is 17.8 Å². The summed E-state index contributed by atoms with van der Waals surface area (Å²) in [6, 6.07) is 18.0. The molecule has 2 N–H and O–H groups in total. The van der Waals surface area contributed by atoms with Crippen LogP contribution in [0.4, 0.5) is 0 Å². The van der Waals surface area contributed by atoms with Gasteiger partial charge in [0.15, 0.2) is 0 Å². The van der Waals surface area contributed by atoms with Gasteiger partial charge in [0.2, 0.25) is 10.0 Å². The summed E-state index contributed by atoms with van der Waals surface area (Å²) < 4.78 is 25.2. The molecule has 1 aliphatic rings. The molecule has 1 saturated heterocycles. The monoisotopic (exact) mass is 494 g/mol. The highest BCUT2D eigenvalue weighted by atomic mass is 32.2. The van der Waals surface area contributed by atoms with Crippen molar-refractivity contribution >= 4 is 15.7 Å². The number of rotatable bonds is 7. The zero-order valence-electron chi connectivity index (χ0n) is 19.9. The van der Waals surface area contributed by atoms with Crippen molar-refractivity contribution in [1.82, 2.24) is 14.5 Å². The van der Waals surface area contributed by atoms with Crippen LogP contribution in [-0.2, 0) is 10.0 Å². The van der Waals surface area contributed by atoms with Gasteiger partial charge in [-0.15, -0.1) is 0 Å². The highest BCUT2D eigenvalue weighted by molar-refractivity contribution is 7.88. The maximum atomic E-state index is 12.3. The molecule has 0 spiro atoms. The Balaban J connectivity index is 1.62. The molecule has 8 nitrogen and oxygen atoms in total. The largest absolute Gasteiger partial charge is 0.411 e. The molecular weight excluding hydrogens is 464 g/mol. The quantitative estimate of drug-likeness (QED) is 0.296. The first-order valence-electron chi connectivity index (χ1n) is 11.6. The highest BCUT2D eigenvalue weighted by Gasteiger charge is 2.26. The van der Waals surface area contributed by atoms with E-state index in [1.165, 1.54) is 18.0 Å². The summed E-state index contributed by atoms with van der Waals surface area (Å²) in [5, 5.41) is 19.4. The molecule has 0 aliphatic carbocycles. The molecule has 35 heavy (non-hydrogen) atoms. The molecule has 2 aromatic carbocycles. The number of sulfonamides is 1. The molecule has 1 unspecified atom stereocenters. The van der Waals surface area contributed by atoms with Gasteiger partial charge in [0.05, 0.1) is 17.5 Å². The van der Waals surface area contributed by atoms with Crippen molar-refractivity contribution in [2.75, 3.05) is 19.3 Å². The normalized spacial score (nSPS) is 16.8. The Labute approximate surface area is 205 Å². The van der Waals surface area contributed by atoms with Crippen LogP contribution >= 0.6 is 0 Å². The van der Waals surface area contributed by atoms with Crippen LogP contribution in [0, 0.1) is 6.92 Å².